The summed E-state index contributed by atoms with van der Waals surface area (Å²) in [5.74, 6) is 0. The Bertz CT molecular complexity index is 366. The van der Waals surface area contributed by atoms with E-state index in [1.165, 1.54) is 6.20 Å². The van der Waals surface area contributed by atoms with Gasteiger partial charge in [0.25, 0.3) is 6.43 Å². The van der Waals surface area contributed by atoms with Gasteiger partial charge in [0.05, 0.1) is 0 Å². The Morgan fingerprint density at radius 2 is 2.23 bits per heavy atom. The van der Waals surface area contributed by atoms with Crippen molar-refractivity contribution in [3.8, 4) is 0 Å². The molecule has 0 aromatic carbocycles. The van der Waals surface area contributed by atoms with Crippen LogP contribution in [-0.4, -0.2) is 4.98 Å². The third kappa shape index (κ3) is 2.08. The van der Waals surface area contributed by atoms with Gasteiger partial charge in [0.1, 0.15) is 10.7 Å². The standard InChI is InChI=1S/C7H5BrClF2NO/c8-1-3-2-12-6(9)4(5(3)13)7(10)11/h2,7H,1H2,(H,12,13). The van der Waals surface area contributed by atoms with Crippen molar-refractivity contribution in [1.29, 1.82) is 0 Å². The van der Waals surface area contributed by atoms with E-state index in [-0.39, 0.29) is 16.0 Å². The zero-order valence-electron chi connectivity index (χ0n) is 6.28. The molecule has 0 spiro atoms. The van der Waals surface area contributed by atoms with E-state index in [9.17, 15) is 13.6 Å². The number of rotatable bonds is 2. The van der Waals surface area contributed by atoms with Gasteiger partial charge in [-0.25, -0.2) is 8.78 Å². The minimum atomic E-state index is -2.85. The lowest BCUT2D eigenvalue weighted by Crippen LogP contribution is -2.15. The van der Waals surface area contributed by atoms with E-state index >= 15 is 0 Å². The number of pyridine rings is 1. The van der Waals surface area contributed by atoms with Crippen molar-refractivity contribution in [3.63, 3.8) is 0 Å². The topological polar surface area (TPSA) is 32.9 Å². The van der Waals surface area contributed by atoms with Crippen LogP contribution in [0.3, 0.4) is 0 Å². The summed E-state index contributed by atoms with van der Waals surface area (Å²) < 4.78 is 24.6. The molecule has 1 aromatic heterocycles. The monoisotopic (exact) mass is 271 g/mol. The maximum atomic E-state index is 12.3. The molecule has 72 valence electrons. The van der Waals surface area contributed by atoms with Crippen LogP contribution >= 0.6 is 27.5 Å². The van der Waals surface area contributed by atoms with Crippen molar-refractivity contribution in [3.05, 3.63) is 32.7 Å². The molecule has 0 fully saturated rings. The number of hydrogen-bond acceptors (Lipinski definition) is 1. The lowest BCUT2D eigenvalue weighted by Gasteiger charge is -2.03. The van der Waals surface area contributed by atoms with Crippen LogP contribution in [0.1, 0.15) is 17.6 Å². The van der Waals surface area contributed by atoms with Crippen LogP contribution in [0.25, 0.3) is 0 Å². The van der Waals surface area contributed by atoms with Gasteiger partial charge in [-0.05, 0) is 0 Å². The van der Waals surface area contributed by atoms with Gasteiger partial charge in [0.15, 0.2) is 5.43 Å². The second-order valence-electron chi connectivity index (χ2n) is 2.31. The Hall–Kier alpha value is -0.420. The number of hydrogen-bond donors (Lipinski definition) is 1. The summed E-state index contributed by atoms with van der Waals surface area (Å²) >= 11 is 8.41. The lowest BCUT2D eigenvalue weighted by molar-refractivity contribution is 0.150. The first kappa shape index (κ1) is 10.7. The quantitative estimate of drug-likeness (QED) is 0.652. The zero-order valence-corrected chi connectivity index (χ0v) is 8.62. The van der Waals surface area contributed by atoms with E-state index < -0.39 is 17.4 Å². The number of alkyl halides is 3. The van der Waals surface area contributed by atoms with E-state index in [1.54, 1.807) is 0 Å². The summed E-state index contributed by atoms with van der Waals surface area (Å²) in [6, 6.07) is 0. The highest BCUT2D eigenvalue weighted by molar-refractivity contribution is 9.08. The van der Waals surface area contributed by atoms with Gasteiger partial charge in [-0.1, -0.05) is 27.5 Å². The summed E-state index contributed by atoms with van der Waals surface area (Å²) in [7, 11) is 0. The summed E-state index contributed by atoms with van der Waals surface area (Å²) in [6.07, 6.45) is -1.54. The van der Waals surface area contributed by atoms with Crippen LogP contribution in [-0.2, 0) is 5.33 Å². The number of halogens is 4. The molecule has 1 aromatic rings. The molecule has 0 aliphatic heterocycles. The molecule has 0 saturated carbocycles. The number of H-pyrrole nitrogens is 1. The van der Waals surface area contributed by atoms with Crippen molar-refractivity contribution in [2.24, 2.45) is 0 Å². The van der Waals surface area contributed by atoms with Crippen molar-refractivity contribution in [2.45, 2.75) is 11.8 Å². The molecule has 0 aliphatic rings. The molecule has 0 unspecified atom stereocenters. The number of aromatic nitrogens is 1. The van der Waals surface area contributed by atoms with Gasteiger partial charge >= 0.3 is 0 Å². The molecule has 0 saturated heterocycles. The maximum absolute atomic E-state index is 12.3. The molecule has 2 nitrogen and oxygen atoms in total. The molecule has 0 amide bonds. The van der Waals surface area contributed by atoms with Gasteiger partial charge in [-0.15, -0.1) is 0 Å². The Morgan fingerprint density at radius 3 is 2.69 bits per heavy atom. The highest BCUT2D eigenvalue weighted by Crippen LogP contribution is 2.22. The second kappa shape index (κ2) is 4.19. The first-order valence-electron chi connectivity index (χ1n) is 3.32. The van der Waals surface area contributed by atoms with Crippen molar-refractivity contribution < 1.29 is 8.78 Å². The van der Waals surface area contributed by atoms with Crippen molar-refractivity contribution in [1.82, 2.24) is 4.98 Å². The van der Waals surface area contributed by atoms with Gasteiger partial charge < -0.3 is 4.98 Å². The molecule has 1 rings (SSSR count). The van der Waals surface area contributed by atoms with Crippen molar-refractivity contribution >= 4 is 27.5 Å². The number of nitrogens with one attached hydrogen (secondary N) is 1. The Morgan fingerprint density at radius 1 is 1.62 bits per heavy atom. The van der Waals surface area contributed by atoms with Crippen LogP contribution in [0.4, 0.5) is 8.78 Å². The van der Waals surface area contributed by atoms with Crippen molar-refractivity contribution in [2.75, 3.05) is 0 Å². The predicted octanol–water partition coefficient (Wildman–Crippen LogP) is 2.86. The molecule has 0 aliphatic carbocycles. The maximum Gasteiger partial charge on any atom is 0.270 e. The van der Waals surface area contributed by atoms with E-state index in [0.717, 1.165) is 0 Å². The SMILES string of the molecule is O=c1c(CBr)c[nH]c(Cl)c1C(F)F. The minimum absolute atomic E-state index is 0.221. The minimum Gasteiger partial charge on any atom is -0.351 e. The molecular weight excluding hydrogens is 267 g/mol. The Kier molecular flexibility index (Phi) is 3.44. The highest BCUT2D eigenvalue weighted by Gasteiger charge is 2.18. The van der Waals surface area contributed by atoms with E-state index in [4.69, 9.17) is 11.6 Å². The number of aromatic amines is 1. The summed E-state index contributed by atoms with van der Waals surface area (Å²) in [5.41, 5.74) is -1.14. The van der Waals surface area contributed by atoms with Crippen LogP contribution in [0.2, 0.25) is 5.15 Å². The van der Waals surface area contributed by atoms with Gasteiger partial charge in [-0.3, -0.25) is 4.79 Å². The average Bonchev–Trinajstić information content (AvgIpc) is 2.04. The largest absolute Gasteiger partial charge is 0.351 e. The smallest absolute Gasteiger partial charge is 0.270 e. The fraction of sp³-hybridized carbons (Fsp3) is 0.286. The average molecular weight is 272 g/mol. The summed E-state index contributed by atoms with van der Waals surface area (Å²) in [5, 5.41) is -0.0798. The van der Waals surface area contributed by atoms with E-state index in [0.29, 0.717) is 0 Å². The van der Waals surface area contributed by atoms with E-state index in [1.807, 2.05) is 0 Å². The summed E-state index contributed by atoms with van der Waals surface area (Å²) in [4.78, 5) is 13.6. The highest BCUT2D eigenvalue weighted by atomic mass is 79.9. The molecule has 13 heavy (non-hydrogen) atoms. The molecule has 0 bridgehead atoms. The van der Waals surface area contributed by atoms with E-state index in [2.05, 4.69) is 20.9 Å². The lowest BCUT2D eigenvalue weighted by atomic mass is 10.2. The van der Waals surface area contributed by atoms with Crippen LogP contribution in [0, 0.1) is 0 Å². The molecule has 0 atom stereocenters. The molecule has 6 heteroatoms. The fourth-order valence-corrected chi connectivity index (χ4v) is 1.50. The Labute approximate surface area is 86.0 Å². The normalized spacial score (nSPS) is 10.8. The second-order valence-corrected chi connectivity index (χ2v) is 3.24. The predicted molar refractivity (Wildman–Crippen MR) is 49.7 cm³/mol. The zero-order chi connectivity index (χ0) is 10.0. The molecule has 1 N–H and O–H groups in total. The third-order valence-corrected chi connectivity index (χ3v) is 2.42. The summed E-state index contributed by atoms with van der Waals surface area (Å²) in [6.45, 7) is 0. The first-order chi connectivity index (χ1) is 6.07. The molecular formula is C7H5BrClF2NO. The molecule has 0 radical (unpaired) electrons. The van der Waals surface area contributed by atoms with Gasteiger partial charge in [-0.2, -0.15) is 0 Å². The first-order valence-corrected chi connectivity index (χ1v) is 4.82. The third-order valence-electron chi connectivity index (χ3n) is 1.51. The fourth-order valence-electron chi connectivity index (χ4n) is 0.861. The van der Waals surface area contributed by atoms with Gasteiger partial charge in [0, 0.05) is 17.1 Å². The van der Waals surface area contributed by atoms with Gasteiger partial charge in [0.2, 0.25) is 0 Å². The Balaban J connectivity index is 3.39. The molecule has 1 heterocycles. The van der Waals surface area contributed by atoms with Crippen LogP contribution < -0.4 is 5.43 Å². The van der Waals surface area contributed by atoms with Crippen LogP contribution in [0.15, 0.2) is 11.0 Å². The van der Waals surface area contributed by atoms with Crippen LogP contribution in [0.5, 0.6) is 0 Å².